The Morgan fingerprint density at radius 3 is 2.73 bits per heavy atom. The first-order valence-electron chi connectivity index (χ1n) is 6.58. The summed E-state index contributed by atoms with van der Waals surface area (Å²) in [6.07, 6.45) is 1.49. The molecule has 0 aliphatic carbocycles. The van der Waals surface area contributed by atoms with Gasteiger partial charge in [0.25, 0.3) is 5.91 Å². The van der Waals surface area contributed by atoms with Crippen molar-refractivity contribution in [3.63, 3.8) is 0 Å². The van der Waals surface area contributed by atoms with Crippen molar-refractivity contribution in [2.45, 2.75) is 13.8 Å². The van der Waals surface area contributed by atoms with E-state index in [9.17, 15) is 13.2 Å². The summed E-state index contributed by atoms with van der Waals surface area (Å²) in [5, 5.41) is 8.16. The summed E-state index contributed by atoms with van der Waals surface area (Å²) < 4.78 is 21.6. The lowest BCUT2D eigenvalue weighted by Gasteiger charge is -2.03. The zero-order valence-electron chi connectivity index (χ0n) is 12.3. The highest BCUT2D eigenvalue weighted by molar-refractivity contribution is 7.89. The van der Waals surface area contributed by atoms with Gasteiger partial charge in [-0.25, -0.2) is 18.5 Å². The number of benzene rings is 1. The van der Waals surface area contributed by atoms with Gasteiger partial charge in [-0.1, -0.05) is 23.8 Å². The second-order valence-corrected chi connectivity index (χ2v) is 7.74. The highest BCUT2D eigenvalue weighted by Crippen LogP contribution is 2.28. The summed E-state index contributed by atoms with van der Waals surface area (Å²) in [6, 6.07) is 6.03. The average molecular weight is 339 g/mol. The van der Waals surface area contributed by atoms with E-state index in [0.29, 0.717) is 4.88 Å². The van der Waals surface area contributed by atoms with E-state index in [1.807, 2.05) is 26.0 Å². The quantitative estimate of drug-likeness (QED) is 0.860. The monoisotopic (exact) mass is 339 g/mol. The predicted molar refractivity (Wildman–Crippen MR) is 87.3 cm³/mol. The number of nitrogens with zero attached hydrogens (tertiary/aromatic N) is 1. The van der Waals surface area contributed by atoms with Crippen LogP contribution >= 0.6 is 11.3 Å². The van der Waals surface area contributed by atoms with Crippen LogP contribution in [0.1, 0.15) is 20.8 Å². The van der Waals surface area contributed by atoms with E-state index in [1.54, 1.807) is 0 Å². The molecule has 0 spiro atoms. The molecule has 0 bridgehead atoms. The minimum atomic E-state index is -3.58. The Hall–Kier alpha value is -1.77. The molecule has 0 radical (unpaired) electrons. The number of hydrogen-bond donors (Lipinski definition) is 2. The third kappa shape index (κ3) is 4.36. The average Bonchev–Trinajstić information content (AvgIpc) is 2.86. The van der Waals surface area contributed by atoms with Gasteiger partial charge in [0.15, 0.2) is 0 Å². The minimum Gasteiger partial charge on any atom is -0.350 e. The molecule has 3 N–H and O–H groups in total. The molecule has 8 heteroatoms. The lowest BCUT2D eigenvalue weighted by molar-refractivity contribution is 0.0960. The first kappa shape index (κ1) is 16.6. The maximum absolute atomic E-state index is 11.9. The van der Waals surface area contributed by atoms with E-state index in [1.165, 1.54) is 23.1 Å². The van der Waals surface area contributed by atoms with Crippen molar-refractivity contribution in [1.82, 2.24) is 10.3 Å². The molecule has 1 aromatic carbocycles. The van der Waals surface area contributed by atoms with Gasteiger partial charge in [0, 0.05) is 12.1 Å². The first-order chi connectivity index (χ1) is 10.3. The lowest BCUT2D eigenvalue weighted by Crippen LogP contribution is -2.31. The van der Waals surface area contributed by atoms with Gasteiger partial charge in [0.2, 0.25) is 10.0 Å². The number of hydrogen-bond acceptors (Lipinski definition) is 5. The lowest BCUT2D eigenvalue weighted by atomic mass is 10.1. The SMILES string of the molecule is Cc1ccc(-c2ncc(C(=O)NCCS(N)(=O)=O)s2)c(C)c1. The Labute approximate surface area is 133 Å². The number of rotatable bonds is 5. The zero-order chi connectivity index (χ0) is 16.3. The predicted octanol–water partition coefficient (Wildman–Crippen LogP) is 1.45. The van der Waals surface area contributed by atoms with Gasteiger partial charge in [-0.15, -0.1) is 11.3 Å². The molecule has 0 saturated heterocycles. The Bertz CT molecular complexity index is 797. The van der Waals surface area contributed by atoms with Crippen molar-refractivity contribution in [3.05, 3.63) is 40.4 Å². The Morgan fingerprint density at radius 2 is 2.09 bits per heavy atom. The van der Waals surface area contributed by atoms with Gasteiger partial charge in [0.05, 0.1) is 11.9 Å². The molecule has 0 fully saturated rings. The van der Waals surface area contributed by atoms with Gasteiger partial charge >= 0.3 is 0 Å². The van der Waals surface area contributed by atoms with Crippen LogP contribution in [0.3, 0.4) is 0 Å². The standard InChI is InChI=1S/C14H17N3O3S2/c1-9-3-4-11(10(2)7-9)14-17-8-12(21-14)13(18)16-5-6-22(15,19)20/h3-4,7-8H,5-6H2,1-2H3,(H,16,18)(H2,15,19,20). The number of nitrogens with two attached hydrogens (primary N) is 1. The fourth-order valence-electron chi connectivity index (χ4n) is 1.95. The number of aromatic nitrogens is 1. The number of sulfonamides is 1. The Kier molecular flexibility index (Phi) is 4.94. The summed E-state index contributed by atoms with van der Waals surface area (Å²) in [7, 11) is -3.58. The molecule has 22 heavy (non-hydrogen) atoms. The largest absolute Gasteiger partial charge is 0.350 e. The number of primary sulfonamides is 1. The topological polar surface area (TPSA) is 102 Å². The number of nitrogens with one attached hydrogen (secondary N) is 1. The van der Waals surface area contributed by atoms with Crippen molar-refractivity contribution in [3.8, 4) is 10.6 Å². The summed E-state index contributed by atoms with van der Waals surface area (Å²) in [5.41, 5.74) is 3.24. The fourth-order valence-corrected chi connectivity index (χ4v) is 3.26. The highest BCUT2D eigenvalue weighted by Gasteiger charge is 2.13. The van der Waals surface area contributed by atoms with E-state index < -0.39 is 10.0 Å². The molecule has 1 heterocycles. The van der Waals surface area contributed by atoms with E-state index in [2.05, 4.69) is 16.4 Å². The summed E-state index contributed by atoms with van der Waals surface area (Å²) in [6.45, 7) is 3.99. The molecule has 0 atom stereocenters. The second kappa shape index (κ2) is 6.55. The van der Waals surface area contributed by atoms with E-state index in [4.69, 9.17) is 5.14 Å². The number of aryl methyl sites for hydroxylation is 2. The summed E-state index contributed by atoms with van der Waals surface area (Å²) in [4.78, 5) is 16.6. The van der Waals surface area contributed by atoms with E-state index in [0.717, 1.165) is 16.1 Å². The molecule has 2 rings (SSSR count). The Morgan fingerprint density at radius 1 is 1.36 bits per heavy atom. The maximum Gasteiger partial charge on any atom is 0.263 e. The first-order valence-corrected chi connectivity index (χ1v) is 9.11. The van der Waals surface area contributed by atoms with Crippen molar-refractivity contribution in [1.29, 1.82) is 0 Å². The normalized spacial score (nSPS) is 11.4. The van der Waals surface area contributed by atoms with Crippen molar-refractivity contribution in [2.24, 2.45) is 5.14 Å². The zero-order valence-corrected chi connectivity index (χ0v) is 13.9. The Balaban J connectivity index is 2.09. The molecule has 0 unspecified atom stereocenters. The van der Waals surface area contributed by atoms with Crippen LogP contribution in [0, 0.1) is 13.8 Å². The number of thiazole rings is 1. The summed E-state index contributed by atoms with van der Waals surface area (Å²) in [5.74, 6) is -0.640. The number of carbonyl (C=O) groups is 1. The van der Waals surface area contributed by atoms with Gasteiger partial charge < -0.3 is 5.32 Å². The van der Waals surface area contributed by atoms with Crippen LogP contribution in [0.25, 0.3) is 10.6 Å². The number of amides is 1. The van der Waals surface area contributed by atoms with Crippen molar-refractivity contribution in [2.75, 3.05) is 12.3 Å². The van der Waals surface area contributed by atoms with Crippen LogP contribution in [-0.4, -0.2) is 31.6 Å². The molecule has 0 aliphatic rings. The van der Waals surface area contributed by atoms with Crippen LogP contribution in [0.5, 0.6) is 0 Å². The van der Waals surface area contributed by atoms with Crippen molar-refractivity contribution >= 4 is 27.3 Å². The molecular formula is C14H17N3O3S2. The second-order valence-electron chi connectivity index (χ2n) is 4.97. The fraction of sp³-hybridized carbons (Fsp3) is 0.286. The maximum atomic E-state index is 11.9. The number of carbonyl (C=O) groups excluding carboxylic acids is 1. The molecule has 6 nitrogen and oxygen atoms in total. The summed E-state index contributed by atoms with van der Waals surface area (Å²) >= 11 is 1.27. The smallest absolute Gasteiger partial charge is 0.263 e. The van der Waals surface area contributed by atoms with Crippen LogP contribution in [0.15, 0.2) is 24.4 Å². The van der Waals surface area contributed by atoms with Gasteiger partial charge in [-0.05, 0) is 19.4 Å². The van der Waals surface area contributed by atoms with Crippen molar-refractivity contribution < 1.29 is 13.2 Å². The molecule has 0 aliphatic heterocycles. The van der Waals surface area contributed by atoms with Crippen LogP contribution < -0.4 is 10.5 Å². The molecule has 0 saturated carbocycles. The minimum absolute atomic E-state index is 0.0194. The third-order valence-corrected chi connectivity index (χ3v) is 4.82. The molecule has 2 aromatic rings. The molecule has 118 valence electrons. The molecular weight excluding hydrogens is 322 g/mol. The van der Waals surface area contributed by atoms with Gasteiger partial charge in [-0.2, -0.15) is 0 Å². The third-order valence-electron chi connectivity index (χ3n) is 3.01. The molecule has 1 aromatic heterocycles. The van der Waals surface area contributed by atoms with E-state index in [-0.39, 0.29) is 18.2 Å². The van der Waals surface area contributed by atoms with Crippen LogP contribution in [0.2, 0.25) is 0 Å². The van der Waals surface area contributed by atoms with Gasteiger partial charge in [0.1, 0.15) is 9.88 Å². The van der Waals surface area contributed by atoms with Crippen LogP contribution in [-0.2, 0) is 10.0 Å². The highest BCUT2D eigenvalue weighted by atomic mass is 32.2. The molecule has 1 amide bonds. The van der Waals surface area contributed by atoms with E-state index >= 15 is 0 Å². The van der Waals surface area contributed by atoms with Gasteiger partial charge in [-0.3, -0.25) is 4.79 Å². The van der Waals surface area contributed by atoms with Crippen LogP contribution in [0.4, 0.5) is 0 Å².